The van der Waals surface area contributed by atoms with E-state index in [2.05, 4.69) is 148 Å². The van der Waals surface area contributed by atoms with Gasteiger partial charge in [-0.15, -0.1) is 53.6 Å². The van der Waals surface area contributed by atoms with Gasteiger partial charge < -0.3 is 9.55 Å². The molecule has 0 saturated heterocycles. The maximum atomic E-state index is 5.27. The molecular formula is C50H47IrN5SSi-2. The van der Waals surface area contributed by atoms with Crippen LogP contribution in [0.1, 0.15) is 56.2 Å². The second kappa shape index (κ2) is 17.0. The zero-order chi connectivity index (χ0) is 39.8. The summed E-state index contributed by atoms with van der Waals surface area (Å²) < 4.78 is 3.52. The fourth-order valence-electron chi connectivity index (χ4n) is 7.47. The third-order valence-corrected chi connectivity index (χ3v) is 13.7. The van der Waals surface area contributed by atoms with Crippen molar-refractivity contribution in [2.45, 2.75) is 66.1 Å². The fourth-order valence-corrected chi connectivity index (χ4v) is 9.71. The molecule has 4 aromatic carbocycles. The molecule has 0 unspecified atom stereocenters. The Morgan fingerprint density at radius 1 is 0.741 bits per heavy atom. The zero-order valence-electron chi connectivity index (χ0n) is 34.3. The van der Waals surface area contributed by atoms with Crippen LogP contribution in [-0.4, -0.2) is 32.6 Å². The number of fused-ring (bicyclic) bond motifs is 4. The van der Waals surface area contributed by atoms with Crippen LogP contribution < -0.4 is 5.19 Å². The van der Waals surface area contributed by atoms with Crippen LogP contribution in [0.25, 0.3) is 70.8 Å². The average Bonchev–Trinajstić information content (AvgIpc) is 3.81. The number of hydrogen-bond acceptors (Lipinski definition) is 5. The van der Waals surface area contributed by atoms with Gasteiger partial charge in [0, 0.05) is 49.8 Å². The van der Waals surface area contributed by atoms with Gasteiger partial charge in [0.25, 0.3) is 0 Å². The van der Waals surface area contributed by atoms with Crippen LogP contribution in [0.4, 0.5) is 0 Å². The van der Waals surface area contributed by atoms with Crippen molar-refractivity contribution in [1.29, 1.82) is 0 Å². The zero-order valence-corrected chi connectivity index (χ0v) is 38.5. The number of benzene rings is 4. The molecule has 9 rings (SSSR count). The largest absolute Gasteiger partial charge is 0.331 e. The van der Waals surface area contributed by atoms with E-state index in [0.717, 1.165) is 38.5 Å². The molecule has 0 atom stereocenters. The van der Waals surface area contributed by atoms with E-state index in [1.165, 1.54) is 54.2 Å². The maximum Gasteiger partial charge on any atom is 0.113 e. The molecule has 58 heavy (non-hydrogen) atoms. The Labute approximate surface area is 360 Å². The first-order chi connectivity index (χ1) is 27.5. The first-order valence-corrected chi connectivity index (χ1v) is 24.0. The number of aromatic nitrogens is 5. The molecule has 293 valence electrons. The van der Waals surface area contributed by atoms with Gasteiger partial charge >= 0.3 is 0 Å². The number of thiophene rings is 1. The van der Waals surface area contributed by atoms with Gasteiger partial charge in [-0.1, -0.05) is 114 Å². The quantitative estimate of drug-likeness (QED) is 0.118. The van der Waals surface area contributed by atoms with Gasteiger partial charge in [-0.25, -0.2) is 4.98 Å². The molecule has 0 aliphatic rings. The molecule has 0 fully saturated rings. The Morgan fingerprint density at radius 3 is 2.14 bits per heavy atom. The van der Waals surface area contributed by atoms with Crippen LogP contribution in [0.2, 0.25) is 19.6 Å². The number of nitrogens with zero attached hydrogens (tertiary/aromatic N) is 5. The monoisotopic (exact) mass is 970 g/mol. The van der Waals surface area contributed by atoms with E-state index in [-0.39, 0.29) is 20.1 Å². The Morgan fingerprint density at radius 2 is 1.48 bits per heavy atom. The SMILES string of the molecule is C[Si](C)(C)c1ccc(-c2[c-]cccc2)nc1.Cc1c[c-]c(-c2nc3ccncc3n2-c2c(C(C)C)cc(-c3ccccc3)cc2C(C)C)c2sc3ncccc3c12.[Ir]. The maximum absolute atomic E-state index is 5.27. The van der Waals surface area contributed by atoms with E-state index in [1.54, 1.807) is 11.3 Å². The van der Waals surface area contributed by atoms with Gasteiger partial charge in [0.2, 0.25) is 0 Å². The molecule has 1 radical (unpaired) electrons. The van der Waals surface area contributed by atoms with E-state index in [9.17, 15) is 0 Å². The minimum atomic E-state index is -1.23. The van der Waals surface area contributed by atoms with Crippen LogP contribution >= 0.6 is 11.3 Å². The third kappa shape index (κ3) is 7.99. The minimum Gasteiger partial charge on any atom is -0.331 e. The third-order valence-electron chi connectivity index (χ3n) is 10.6. The smallest absolute Gasteiger partial charge is 0.113 e. The molecule has 0 spiro atoms. The molecule has 9 aromatic rings. The van der Waals surface area contributed by atoms with Gasteiger partial charge in [-0.05, 0) is 73.9 Å². The summed E-state index contributed by atoms with van der Waals surface area (Å²) in [4.78, 5) is 20.1. The summed E-state index contributed by atoms with van der Waals surface area (Å²) in [5.41, 5.74) is 12.4. The number of imidazole rings is 1. The second-order valence-corrected chi connectivity index (χ2v) is 22.4. The number of aryl methyl sites for hydroxylation is 1. The molecule has 5 nitrogen and oxygen atoms in total. The van der Waals surface area contributed by atoms with Crippen LogP contribution in [0.15, 0.2) is 128 Å². The predicted molar refractivity (Wildman–Crippen MR) is 244 cm³/mol. The van der Waals surface area contributed by atoms with Crippen molar-refractivity contribution in [3.05, 3.63) is 157 Å². The second-order valence-electron chi connectivity index (χ2n) is 16.3. The van der Waals surface area contributed by atoms with Crippen LogP contribution in [-0.2, 0) is 20.1 Å². The van der Waals surface area contributed by atoms with E-state index in [4.69, 9.17) is 9.97 Å². The normalized spacial score (nSPS) is 11.6. The van der Waals surface area contributed by atoms with Crippen molar-refractivity contribution in [3.63, 3.8) is 0 Å². The fraction of sp³-hybridized carbons (Fsp3) is 0.200. The molecule has 5 heterocycles. The number of hydrogen-bond donors (Lipinski definition) is 0. The van der Waals surface area contributed by atoms with Crippen molar-refractivity contribution >= 4 is 55.9 Å². The summed E-state index contributed by atoms with van der Waals surface area (Å²) in [6, 6.07) is 42.8. The molecule has 0 N–H and O–H groups in total. The minimum absolute atomic E-state index is 0. The van der Waals surface area contributed by atoms with Crippen LogP contribution in [0.5, 0.6) is 0 Å². The molecule has 0 aliphatic carbocycles. The summed E-state index contributed by atoms with van der Waals surface area (Å²) in [5.74, 6) is 1.48. The number of rotatable bonds is 7. The van der Waals surface area contributed by atoms with E-state index in [0.29, 0.717) is 11.8 Å². The summed E-state index contributed by atoms with van der Waals surface area (Å²) in [6.45, 7) is 18.3. The Hall–Kier alpha value is -5.11. The topological polar surface area (TPSA) is 56.5 Å². The number of pyridine rings is 3. The van der Waals surface area contributed by atoms with Gasteiger partial charge in [0.05, 0.1) is 31.1 Å². The summed E-state index contributed by atoms with van der Waals surface area (Å²) in [6.07, 6.45) is 7.66. The molecule has 8 heteroatoms. The standard InChI is InChI=1S/C36H31N4S.C14H16NSi.Ir/c1-21(2)28-18-25(24-10-7-6-8-11-24)19-29(22(3)4)33(28)40-31-20-37-17-15-30(31)39-35(40)27-14-13-23(5)32-26-12-9-16-38-36(26)41-34(27)32;1-16(2,3)13-9-10-14(15-11-13)12-7-5-4-6-8-12;/h6-13,15-22H,1-5H3;4-7,9-11H,1-3H3;/q2*-1;. The van der Waals surface area contributed by atoms with Gasteiger partial charge in [-0.2, -0.15) is 11.3 Å². The van der Waals surface area contributed by atoms with Crippen molar-refractivity contribution in [2.75, 3.05) is 0 Å². The Kier molecular flexibility index (Phi) is 12.0. The van der Waals surface area contributed by atoms with Crippen LogP contribution in [0, 0.1) is 19.1 Å². The first-order valence-electron chi connectivity index (χ1n) is 19.7. The van der Waals surface area contributed by atoms with Gasteiger partial charge in [-0.3, -0.25) is 9.97 Å². The first kappa shape index (κ1) is 41.1. The Balaban J connectivity index is 0.000000254. The van der Waals surface area contributed by atoms with E-state index >= 15 is 0 Å². The van der Waals surface area contributed by atoms with Crippen molar-refractivity contribution in [2.24, 2.45) is 0 Å². The molecule has 0 bridgehead atoms. The van der Waals surface area contributed by atoms with Crippen molar-refractivity contribution in [1.82, 2.24) is 24.5 Å². The molecule has 5 aromatic heterocycles. The van der Waals surface area contributed by atoms with E-state index < -0.39 is 8.07 Å². The van der Waals surface area contributed by atoms with Gasteiger partial charge in [0.15, 0.2) is 0 Å². The average molecular weight is 970 g/mol. The summed E-state index contributed by atoms with van der Waals surface area (Å²) >= 11 is 1.72. The van der Waals surface area contributed by atoms with E-state index in [1.807, 2.05) is 61.2 Å². The van der Waals surface area contributed by atoms with Gasteiger partial charge in [0.1, 0.15) is 4.83 Å². The molecule has 0 aliphatic heterocycles. The van der Waals surface area contributed by atoms with Crippen LogP contribution in [0.3, 0.4) is 0 Å². The van der Waals surface area contributed by atoms with Crippen molar-refractivity contribution in [3.8, 4) is 39.5 Å². The molecular weight excluding hydrogens is 923 g/mol. The molecule has 0 amide bonds. The summed E-state index contributed by atoms with van der Waals surface area (Å²) in [5, 5.41) is 3.81. The van der Waals surface area contributed by atoms with Crippen molar-refractivity contribution < 1.29 is 20.1 Å². The Bertz CT molecular complexity index is 2810. The molecule has 0 saturated carbocycles. The predicted octanol–water partition coefficient (Wildman–Crippen LogP) is 13.0. The summed E-state index contributed by atoms with van der Waals surface area (Å²) in [7, 11) is -1.23.